The van der Waals surface area contributed by atoms with Crippen molar-refractivity contribution in [2.45, 2.75) is 33.1 Å². The van der Waals surface area contributed by atoms with Crippen LogP contribution in [0.2, 0.25) is 0 Å². The van der Waals surface area contributed by atoms with Crippen LogP contribution in [0.15, 0.2) is 29.1 Å². The average molecular weight is 215 g/mol. The zero-order chi connectivity index (χ0) is 11.9. The highest BCUT2D eigenvalue weighted by atomic mass is 16.1. The standard InChI is InChI=1S/C14H17NO/c1-9-5-7-11(14(2,3)4)10-6-8-12(16)15-13(9)10/h5-8H,1-4H3,(H,15,16). The zero-order valence-electron chi connectivity index (χ0n) is 10.2. The molecule has 2 heteroatoms. The van der Waals surface area contributed by atoms with Gasteiger partial charge in [-0.25, -0.2) is 0 Å². The predicted molar refractivity (Wildman–Crippen MR) is 68.0 cm³/mol. The monoisotopic (exact) mass is 215 g/mol. The molecule has 2 nitrogen and oxygen atoms in total. The first kappa shape index (κ1) is 10.9. The van der Waals surface area contributed by atoms with Crippen molar-refractivity contribution in [2.75, 3.05) is 0 Å². The van der Waals surface area contributed by atoms with E-state index in [0.29, 0.717) is 0 Å². The van der Waals surface area contributed by atoms with Crippen LogP contribution in [0.5, 0.6) is 0 Å². The third kappa shape index (κ3) is 1.75. The fourth-order valence-electron chi connectivity index (χ4n) is 2.05. The van der Waals surface area contributed by atoms with E-state index in [-0.39, 0.29) is 11.0 Å². The Kier molecular flexibility index (Phi) is 2.38. The second kappa shape index (κ2) is 3.48. The quantitative estimate of drug-likeness (QED) is 0.719. The second-order valence-corrected chi connectivity index (χ2v) is 5.29. The van der Waals surface area contributed by atoms with Gasteiger partial charge in [0.15, 0.2) is 0 Å². The minimum atomic E-state index is -0.0401. The number of benzene rings is 1. The first-order chi connectivity index (χ1) is 7.39. The lowest BCUT2D eigenvalue weighted by Gasteiger charge is -2.21. The summed E-state index contributed by atoms with van der Waals surface area (Å²) in [6.07, 6.45) is 0. The van der Waals surface area contributed by atoms with Crippen molar-refractivity contribution in [3.8, 4) is 0 Å². The normalized spacial score (nSPS) is 12.0. The van der Waals surface area contributed by atoms with E-state index in [1.54, 1.807) is 6.07 Å². The summed E-state index contributed by atoms with van der Waals surface area (Å²) in [5.41, 5.74) is 3.39. The Morgan fingerprint density at radius 2 is 1.75 bits per heavy atom. The molecule has 1 heterocycles. The Morgan fingerprint density at radius 3 is 2.38 bits per heavy atom. The van der Waals surface area contributed by atoms with Crippen LogP contribution in [0.25, 0.3) is 10.9 Å². The Balaban J connectivity index is 2.90. The molecule has 0 spiro atoms. The van der Waals surface area contributed by atoms with Crippen molar-refractivity contribution in [3.63, 3.8) is 0 Å². The first-order valence-electron chi connectivity index (χ1n) is 5.53. The topological polar surface area (TPSA) is 32.9 Å². The Bertz CT molecular complexity index is 588. The predicted octanol–water partition coefficient (Wildman–Crippen LogP) is 3.13. The lowest BCUT2D eigenvalue weighted by Crippen LogP contribution is -2.13. The number of aromatic amines is 1. The number of hydrogen-bond acceptors (Lipinski definition) is 1. The molecule has 0 unspecified atom stereocenters. The summed E-state index contributed by atoms with van der Waals surface area (Å²) >= 11 is 0. The fraction of sp³-hybridized carbons (Fsp3) is 0.357. The van der Waals surface area contributed by atoms with Crippen molar-refractivity contribution in [3.05, 3.63) is 45.7 Å². The molecule has 0 radical (unpaired) electrons. The third-order valence-electron chi connectivity index (χ3n) is 2.91. The zero-order valence-corrected chi connectivity index (χ0v) is 10.2. The number of hydrogen-bond donors (Lipinski definition) is 1. The second-order valence-electron chi connectivity index (χ2n) is 5.29. The van der Waals surface area contributed by atoms with Gasteiger partial charge in [-0.05, 0) is 29.5 Å². The highest BCUT2D eigenvalue weighted by Gasteiger charge is 2.17. The van der Waals surface area contributed by atoms with Crippen LogP contribution in [0.3, 0.4) is 0 Å². The van der Waals surface area contributed by atoms with E-state index in [9.17, 15) is 4.79 Å². The maximum Gasteiger partial charge on any atom is 0.248 e. The molecule has 1 aromatic carbocycles. The maximum absolute atomic E-state index is 11.3. The van der Waals surface area contributed by atoms with Crippen molar-refractivity contribution in [2.24, 2.45) is 0 Å². The Hall–Kier alpha value is -1.57. The summed E-state index contributed by atoms with van der Waals surface area (Å²) in [6, 6.07) is 7.73. The Morgan fingerprint density at radius 1 is 1.06 bits per heavy atom. The largest absolute Gasteiger partial charge is 0.322 e. The molecule has 0 saturated carbocycles. The number of nitrogens with one attached hydrogen (secondary N) is 1. The molecule has 1 aromatic heterocycles. The summed E-state index contributed by atoms with van der Waals surface area (Å²) in [5, 5.41) is 1.15. The molecule has 84 valence electrons. The summed E-state index contributed by atoms with van der Waals surface area (Å²) < 4.78 is 0. The minimum absolute atomic E-state index is 0.0401. The number of fused-ring (bicyclic) bond motifs is 1. The summed E-state index contributed by atoms with van der Waals surface area (Å²) in [5.74, 6) is 0. The highest BCUT2D eigenvalue weighted by molar-refractivity contribution is 5.85. The van der Waals surface area contributed by atoms with Crippen LogP contribution in [-0.4, -0.2) is 4.98 Å². The molecule has 0 aliphatic carbocycles. The van der Waals surface area contributed by atoms with Crippen molar-refractivity contribution >= 4 is 10.9 Å². The van der Waals surface area contributed by atoms with E-state index < -0.39 is 0 Å². The smallest absolute Gasteiger partial charge is 0.248 e. The molecule has 1 N–H and O–H groups in total. The van der Waals surface area contributed by atoms with E-state index in [4.69, 9.17) is 0 Å². The van der Waals surface area contributed by atoms with Gasteiger partial charge in [0.2, 0.25) is 5.56 Å². The molecule has 16 heavy (non-hydrogen) atoms. The van der Waals surface area contributed by atoms with Gasteiger partial charge in [-0.3, -0.25) is 4.79 Å². The molecule has 0 fully saturated rings. The molecule has 2 aromatic rings. The van der Waals surface area contributed by atoms with Gasteiger partial charge in [0.05, 0.1) is 5.52 Å². The van der Waals surface area contributed by atoms with Gasteiger partial charge < -0.3 is 4.98 Å². The summed E-state index contributed by atoms with van der Waals surface area (Å²) in [4.78, 5) is 14.3. The molecule has 0 amide bonds. The van der Waals surface area contributed by atoms with Gasteiger partial charge in [0.25, 0.3) is 0 Å². The molecule has 0 aliphatic heterocycles. The molecular formula is C14H17NO. The highest BCUT2D eigenvalue weighted by Crippen LogP contribution is 2.29. The fourth-order valence-corrected chi connectivity index (χ4v) is 2.05. The van der Waals surface area contributed by atoms with Gasteiger partial charge in [0, 0.05) is 11.5 Å². The van der Waals surface area contributed by atoms with Gasteiger partial charge in [-0.1, -0.05) is 32.9 Å². The number of aryl methyl sites for hydroxylation is 1. The maximum atomic E-state index is 11.3. The van der Waals surface area contributed by atoms with Crippen LogP contribution >= 0.6 is 0 Å². The van der Waals surface area contributed by atoms with Crippen LogP contribution in [-0.2, 0) is 5.41 Å². The van der Waals surface area contributed by atoms with E-state index in [0.717, 1.165) is 16.5 Å². The van der Waals surface area contributed by atoms with Gasteiger partial charge in [-0.15, -0.1) is 0 Å². The molecule has 0 bridgehead atoms. The van der Waals surface area contributed by atoms with Crippen LogP contribution in [0.1, 0.15) is 31.9 Å². The molecule has 0 aliphatic rings. The minimum Gasteiger partial charge on any atom is -0.322 e. The van der Waals surface area contributed by atoms with Crippen molar-refractivity contribution < 1.29 is 0 Å². The van der Waals surface area contributed by atoms with Gasteiger partial charge >= 0.3 is 0 Å². The van der Waals surface area contributed by atoms with E-state index in [2.05, 4.69) is 37.9 Å². The number of pyridine rings is 1. The third-order valence-corrected chi connectivity index (χ3v) is 2.91. The van der Waals surface area contributed by atoms with E-state index in [1.165, 1.54) is 5.56 Å². The van der Waals surface area contributed by atoms with Gasteiger partial charge in [-0.2, -0.15) is 0 Å². The SMILES string of the molecule is Cc1ccc(C(C)(C)C)c2ccc(=O)[nH]c12. The number of aromatic nitrogens is 1. The van der Waals surface area contributed by atoms with Crippen LogP contribution in [0, 0.1) is 6.92 Å². The molecule has 0 atom stereocenters. The first-order valence-corrected chi connectivity index (χ1v) is 5.53. The van der Waals surface area contributed by atoms with Crippen molar-refractivity contribution in [1.29, 1.82) is 0 Å². The van der Waals surface area contributed by atoms with Gasteiger partial charge in [0.1, 0.15) is 0 Å². The van der Waals surface area contributed by atoms with Crippen LogP contribution < -0.4 is 5.56 Å². The van der Waals surface area contributed by atoms with E-state index >= 15 is 0 Å². The number of H-pyrrole nitrogens is 1. The number of rotatable bonds is 0. The lowest BCUT2D eigenvalue weighted by atomic mass is 9.84. The Labute approximate surface area is 95.3 Å². The summed E-state index contributed by atoms with van der Waals surface area (Å²) in [7, 11) is 0. The molecule has 0 saturated heterocycles. The van der Waals surface area contributed by atoms with E-state index in [1.807, 2.05) is 13.0 Å². The summed E-state index contributed by atoms with van der Waals surface area (Å²) in [6.45, 7) is 8.57. The van der Waals surface area contributed by atoms with Crippen LogP contribution in [0.4, 0.5) is 0 Å². The lowest BCUT2D eigenvalue weighted by molar-refractivity contribution is 0.595. The average Bonchev–Trinajstić information content (AvgIpc) is 2.17. The molecular weight excluding hydrogens is 198 g/mol. The van der Waals surface area contributed by atoms with Crippen molar-refractivity contribution in [1.82, 2.24) is 4.98 Å². The molecule has 2 rings (SSSR count).